The number of benzene rings is 1. The van der Waals surface area contributed by atoms with E-state index in [9.17, 15) is 19.1 Å². The number of hydrogen-bond acceptors (Lipinski definition) is 3. The van der Waals surface area contributed by atoms with E-state index in [0.717, 1.165) is 5.56 Å². The lowest BCUT2D eigenvalue weighted by molar-refractivity contribution is 0.0695. The minimum atomic E-state index is -1.32. The highest BCUT2D eigenvalue weighted by Crippen LogP contribution is 2.15. The van der Waals surface area contributed by atoms with E-state index in [4.69, 9.17) is 0 Å². The van der Waals surface area contributed by atoms with Gasteiger partial charge in [-0.2, -0.15) is 0 Å². The van der Waals surface area contributed by atoms with Gasteiger partial charge in [0.2, 0.25) is 0 Å². The Balaban J connectivity index is 2.14. The molecule has 0 saturated carbocycles. The van der Waals surface area contributed by atoms with Gasteiger partial charge in [0, 0.05) is 36.0 Å². The Morgan fingerprint density at radius 1 is 1.16 bits per heavy atom. The van der Waals surface area contributed by atoms with Gasteiger partial charge in [-0.3, -0.25) is 9.78 Å². The lowest BCUT2D eigenvalue weighted by Crippen LogP contribution is -2.18. The van der Waals surface area contributed by atoms with E-state index in [-0.39, 0.29) is 5.56 Å². The zero-order valence-corrected chi connectivity index (χ0v) is 13.0. The Kier molecular flexibility index (Phi) is 4.52. The number of aromatic carboxylic acids is 1. The summed E-state index contributed by atoms with van der Waals surface area (Å²) in [5, 5.41) is 9.18. The SMILES string of the molecule is O=C(O)c1cn(-c2ccc(F)cc2)c(/C=C/c2cccnc2)cc1=O. The van der Waals surface area contributed by atoms with Gasteiger partial charge >= 0.3 is 5.97 Å². The van der Waals surface area contributed by atoms with Crippen molar-refractivity contribution in [3.8, 4) is 5.69 Å². The number of halogens is 1. The van der Waals surface area contributed by atoms with Crippen LogP contribution in [0.4, 0.5) is 4.39 Å². The summed E-state index contributed by atoms with van der Waals surface area (Å²) in [5.74, 6) is -1.72. The molecule has 25 heavy (non-hydrogen) atoms. The van der Waals surface area contributed by atoms with E-state index in [0.29, 0.717) is 11.4 Å². The molecule has 0 aliphatic carbocycles. The van der Waals surface area contributed by atoms with E-state index in [1.54, 1.807) is 30.6 Å². The van der Waals surface area contributed by atoms with Crippen molar-refractivity contribution < 1.29 is 14.3 Å². The topological polar surface area (TPSA) is 72.2 Å². The van der Waals surface area contributed by atoms with Gasteiger partial charge in [-0.15, -0.1) is 0 Å². The summed E-state index contributed by atoms with van der Waals surface area (Å²) in [6.07, 6.45) is 7.96. The highest BCUT2D eigenvalue weighted by Gasteiger charge is 2.12. The van der Waals surface area contributed by atoms with Crippen molar-refractivity contribution in [3.63, 3.8) is 0 Å². The van der Waals surface area contributed by atoms with Gasteiger partial charge in [0.15, 0.2) is 5.43 Å². The molecule has 0 fully saturated rings. The third-order valence-electron chi connectivity index (χ3n) is 3.55. The van der Waals surface area contributed by atoms with E-state index in [2.05, 4.69) is 4.98 Å². The number of carboxylic acid groups (broad SMARTS) is 1. The van der Waals surface area contributed by atoms with Crippen molar-refractivity contribution in [2.45, 2.75) is 0 Å². The second-order valence-electron chi connectivity index (χ2n) is 5.25. The van der Waals surface area contributed by atoms with Crippen LogP contribution >= 0.6 is 0 Å². The molecule has 1 aromatic carbocycles. The van der Waals surface area contributed by atoms with Gasteiger partial charge in [0.25, 0.3) is 0 Å². The zero-order chi connectivity index (χ0) is 17.8. The van der Waals surface area contributed by atoms with E-state index in [1.165, 1.54) is 41.1 Å². The molecule has 0 saturated heterocycles. The normalized spacial score (nSPS) is 10.9. The van der Waals surface area contributed by atoms with Gasteiger partial charge in [0.1, 0.15) is 11.4 Å². The Bertz CT molecular complexity index is 993. The van der Waals surface area contributed by atoms with E-state index < -0.39 is 17.2 Å². The van der Waals surface area contributed by atoms with Crippen molar-refractivity contribution in [3.05, 3.63) is 93.9 Å². The van der Waals surface area contributed by atoms with Crippen molar-refractivity contribution in [1.82, 2.24) is 9.55 Å². The number of carboxylic acids is 1. The third-order valence-corrected chi connectivity index (χ3v) is 3.55. The fraction of sp³-hybridized carbons (Fsp3) is 0. The summed E-state index contributed by atoms with van der Waals surface area (Å²) >= 11 is 0. The van der Waals surface area contributed by atoms with E-state index in [1.807, 2.05) is 6.07 Å². The molecule has 2 aromatic heterocycles. The van der Waals surface area contributed by atoms with Crippen LogP contribution in [0, 0.1) is 5.82 Å². The average molecular weight is 336 g/mol. The maximum absolute atomic E-state index is 13.2. The summed E-state index contributed by atoms with van der Waals surface area (Å²) in [6, 6.07) is 10.4. The van der Waals surface area contributed by atoms with Crippen molar-refractivity contribution >= 4 is 18.1 Å². The maximum Gasteiger partial charge on any atom is 0.341 e. The third kappa shape index (κ3) is 3.69. The molecule has 2 heterocycles. The van der Waals surface area contributed by atoms with Gasteiger partial charge in [-0.1, -0.05) is 12.1 Å². The fourth-order valence-electron chi connectivity index (χ4n) is 2.32. The first kappa shape index (κ1) is 16.3. The highest BCUT2D eigenvalue weighted by atomic mass is 19.1. The molecule has 0 spiro atoms. The average Bonchev–Trinajstić information content (AvgIpc) is 2.61. The van der Waals surface area contributed by atoms with Crippen LogP contribution in [-0.4, -0.2) is 20.6 Å². The molecular weight excluding hydrogens is 323 g/mol. The molecule has 0 aliphatic heterocycles. The van der Waals surface area contributed by atoms with Crippen LogP contribution in [0.1, 0.15) is 21.6 Å². The van der Waals surface area contributed by atoms with Crippen LogP contribution < -0.4 is 5.43 Å². The van der Waals surface area contributed by atoms with Crippen LogP contribution in [0.5, 0.6) is 0 Å². The number of hydrogen-bond donors (Lipinski definition) is 1. The monoisotopic (exact) mass is 336 g/mol. The van der Waals surface area contributed by atoms with Crippen molar-refractivity contribution in [2.24, 2.45) is 0 Å². The van der Waals surface area contributed by atoms with Gasteiger partial charge in [0.05, 0.1) is 0 Å². The molecule has 3 aromatic rings. The number of carbonyl (C=O) groups is 1. The number of pyridine rings is 2. The largest absolute Gasteiger partial charge is 0.477 e. The van der Waals surface area contributed by atoms with Gasteiger partial charge in [-0.25, -0.2) is 9.18 Å². The molecule has 1 N–H and O–H groups in total. The Morgan fingerprint density at radius 3 is 2.56 bits per heavy atom. The minimum Gasteiger partial charge on any atom is -0.477 e. The van der Waals surface area contributed by atoms with Crippen molar-refractivity contribution in [2.75, 3.05) is 0 Å². The molecule has 0 bridgehead atoms. The molecule has 124 valence electrons. The maximum atomic E-state index is 13.2. The molecule has 0 unspecified atom stereocenters. The quantitative estimate of drug-likeness (QED) is 0.794. The van der Waals surface area contributed by atoms with Crippen LogP contribution in [0.25, 0.3) is 17.8 Å². The predicted molar refractivity (Wildman–Crippen MR) is 92.1 cm³/mol. The summed E-state index contributed by atoms with van der Waals surface area (Å²) < 4.78 is 14.7. The van der Waals surface area contributed by atoms with Gasteiger partial charge in [-0.05, 0) is 42.0 Å². The van der Waals surface area contributed by atoms with Crippen LogP contribution in [-0.2, 0) is 0 Å². The molecule has 0 amide bonds. The fourth-order valence-corrected chi connectivity index (χ4v) is 2.32. The first-order valence-electron chi connectivity index (χ1n) is 7.38. The molecule has 3 rings (SSSR count). The van der Waals surface area contributed by atoms with Crippen LogP contribution in [0.3, 0.4) is 0 Å². The predicted octanol–water partition coefficient (Wildman–Crippen LogP) is 3.24. The Labute approximate surface area is 142 Å². The molecule has 0 aliphatic rings. The van der Waals surface area contributed by atoms with E-state index >= 15 is 0 Å². The zero-order valence-electron chi connectivity index (χ0n) is 13.0. The van der Waals surface area contributed by atoms with Crippen LogP contribution in [0.15, 0.2) is 65.8 Å². The summed E-state index contributed by atoms with van der Waals surface area (Å²) in [5.41, 5.74) is 0.864. The Morgan fingerprint density at radius 2 is 1.92 bits per heavy atom. The van der Waals surface area contributed by atoms with Crippen LogP contribution in [0.2, 0.25) is 0 Å². The molecule has 0 atom stereocenters. The second kappa shape index (κ2) is 6.92. The summed E-state index contributed by atoms with van der Waals surface area (Å²) in [7, 11) is 0. The lowest BCUT2D eigenvalue weighted by Gasteiger charge is -2.12. The minimum absolute atomic E-state index is 0.358. The molecule has 5 nitrogen and oxygen atoms in total. The smallest absolute Gasteiger partial charge is 0.341 e. The Hall–Kier alpha value is -3.54. The number of aromatic nitrogens is 2. The summed E-state index contributed by atoms with van der Waals surface area (Å²) in [6.45, 7) is 0. The number of rotatable bonds is 4. The number of nitrogens with zero attached hydrogens (tertiary/aromatic N) is 2. The highest BCUT2D eigenvalue weighted by molar-refractivity contribution is 5.87. The first-order chi connectivity index (χ1) is 12.0. The molecule has 0 radical (unpaired) electrons. The second-order valence-corrected chi connectivity index (χ2v) is 5.25. The first-order valence-corrected chi connectivity index (χ1v) is 7.38. The van der Waals surface area contributed by atoms with Crippen molar-refractivity contribution in [1.29, 1.82) is 0 Å². The molecular formula is C19H13FN2O3. The summed E-state index contributed by atoms with van der Waals surface area (Å²) in [4.78, 5) is 27.3. The van der Waals surface area contributed by atoms with Gasteiger partial charge < -0.3 is 9.67 Å². The molecule has 6 heteroatoms. The standard InChI is InChI=1S/C19H13FN2O3/c20-14-4-7-15(8-5-14)22-12-17(19(24)25)18(23)10-16(22)6-3-13-2-1-9-21-11-13/h1-12H,(H,24,25)/b6-3+. The lowest BCUT2D eigenvalue weighted by atomic mass is 10.2.